The van der Waals surface area contributed by atoms with Gasteiger partial charge in [-0.3, -0.25) is 9.48 Å². The molecular weight excluding hydrogens is 168 g/mol. The van der Waals surface area contributed by atoms with Gasteiger partial charge in [-0.15, -0.1) is 0 Å². The van der Waals surface area contributed by atoms with Crippen molar-refractivity contribution in [1.29, 1.82) is 0 Å². The Hall–Kier alpha value is -1.36. The zero-order chi connectivity index (χ0) is 10.0. The first-order chi connectivity index (χ1) is 6.02. The van der Waals surface area contributed by atoms with Crippen molar-refractivity contribution in [1.82, 2.24) is 9.78 Å². The zero-order valence-electron chi connectivity index (χ0n) is 7.82. The van der Waals surface area contributed by atoms with E-state index in [1.165, 1.54) is 0 Å². The molecule has 0 saturated heterocycles. The van der Waals surface area contributed by atoms with E-state index in [1.54, 1.807) is 17.9 Å². The lowest BCUT2D eigenvalue weighted by molar-refractivity contribution is -0.118. The van der Waals surface area contributed by atoms with E-state index in [0.29, 0.717) is 0 Å². The van der Waals surface area contributed by atoms with Gasteiger partial charge in [-0.25, -0.2) is 0 Å². The summed E-state index contributed by atoms with van der Waals surface area (Å²) < 4.78 is 1.67. The van der Waals surface area contributed by atoms with Gasteiger partial charge in [0.05, 0.1) is 17.9 Å². The van der Waals surface area contributed by atoms with E-state index in [4.69, 9.17) is 11.5 Å². The molecule has 1 aromatic heterocycles. The average Bonchev–Trinajstić information content (AvgIpc) is 2.29. The van der Waals surface area contributed by atoms with E-state index in [0.717, 1.165) is 11.3 Å². The maximum Gasteiger partial charge on any atom is 0.219 e. The smallest absolute Gasteiger partial charge is 0.219 e. The van der Waals surface area contributed by atoms with Gasteiger partial charge >= 0.3 is 0 Å². The molecule has 5 heteroatoms. The normalized spacial score (nSPS) is 12.8. The van der Waals surface area contributed by atoms with Crippen molar-refractivity contribution in [2.45, 2.75) is 19.4 Å². The van der Waals surface area contributed by atoms with Gasteiger partial charge < -0.3 is 11.5 Å². The van der Waals surface area contributed by atoms with E-state index in [2.05, 4.69) is 5.10 Å². The second-order valence-corrected chi connectivity index (χ2v) is 3.11. The molecule has 0 unspecified atom stereocenters. The van der Waals surface area contributed by atoms with Gasteiger partial charge in [0.1, 0.15) is 0 Å². The predicted octanol–water partition coefficient (Wildman–Crippen LogP) is -0.396. The van der Waals surface area contributed by atoms with Gasteiger partial charge in [-0.1, -0.05) is 0 Å². The molecule has 0 aliphatic rings. The van der Waals surface area contributed by atoms with Crippen molar-refractivity contribution < 1.29 is 4.79 Å². The summed E-state index contributed by atoms with van der Waals surface area (Å²) in [6.45, 7) is 1.91. The van der Waals surface area contributed by atoms with Crippen LogP contribution in [0.2, 0.25) is 0 Å². The largest absolute Gasteiger partial charge is 0.370 e. The number of nitrogens with two attached hydrogens (primary N) is 2. The number of hydrogen-bond donors (Lipinski definition) is 2. The van der Waals surface area contributed by atoms with Crippen LogP contribution in [-0.2, 0) is 11.8 Å². The highest BCUT2D eigenvalue weighted by atomic mass is 16.1. The zero-order valence-corrected chi connectivity index (χ0v) is 7.82. The summed E-state index contributed by atoms with van der Waals surface area (Å²) in [7, 11) is 1.79. The number of carbonyl (C=O) groups excluding carboxylic acids is 1. The monoisotopic (exact) mass is 182 g/mol. The summed E-state index contributed by atoms with van der Waals surface area (Å²) in [5.74, 6) is -0.395. The van der Waals surface area contributed by atoms with Crippen LogP contribution >= 0.6 is 0 Å². The van der Waals surface area contributed by atoms with E-state index in [-0.39, 0.29) is 12.5 Å². The first kappa shape index (κ1) is 9.73. The van der Waals surface area contributed by atoms with Crippen LogP contribution < -0.4 is 11.5 Å². The van der Waals surface area contributed by atoms with E-state index < -0.39 is 5.91 Å². The van der Waals surface area contributed by atoms with E-state index >= 15 is 0 Å². The van der Waals surface area contributed by atoms with Crippen LogP contribution in [0.25, 0.3) is 0 Å². The first-order valence-electron chi connectivity index (χ1n) is 4.04. The summed E-state index contributed by atoms with van der Waals surface area (Å²) >= 11 is 0. The maximum absolute atomic E-state index is 10.6. The Kier molecular flexibility index (Phi) is 2.67. The third-order valence-electron chi connectivity index (χ3n) is 1.95. The summed E-state index contributed by atoms with van der Waals surface area (Å²) in [4.78, 5) is 10.6. The van der Waals surface area contributed by atoms with Gasteiger partial charge in [-0.05, 0) is 12.5 Å². The van der Waals surface area contributed by atoms with Gasteiger partial charge in [-0.2, -0.15) is 5.10 Å². The van der Waals surface area contributed by atoms with Crippen molar-refractivity contribution in [2.75, 3.05) is 0 Å². The number of nitrogens with zero attached hydrogens (tertiary/aromatic N) is 2. The molecule has 0 radical (unpaired) electrons. The molecule has 1 rings (SSSR count). The van der Waals surface area contributed by atoms with Gasteiger partial charge in [0.15, 0.2) is 0 Å². The highest BCUT2D eigenvalue weighted by molar-refractivity contribution is 5.74. The van der Waals surface area contributed by atoms with E-state index in [9.17, 15) is 4.79 Å². The fraction of sp³-hybridized carbons (Fsp3) is 0.500. The van der Waals surface area contributed by atoms with Crippen LogP contribution in [0.3, 0.4) is 0 Å². The predicted molar refractivity (Wildman–Crippen MR) is 48.7 cm³/mol. The number of carbonyl (C=O) groups is 1. The van der Waals surface area contributed by atoms with Crippen molar-refractivity contribution in [2.24, 2.45) is 18.5 Å². The standard InChI is InChI=1S/C8H14N4O/c1-5-4-11-12(2)8(5)6(9)3-7(10)13/h4,6H,3,9H2,1-2H3,(H2,10,13)/t6-/m0/s1. The molecule has 0 bridgehead atoms. The Labute approximate surface area is 76.7 Å². The van der Waals surface area contributed by atoms with Crippen LogP contribution in [-0.4, -0.2) is 15.7 Å². The van der Waals surface area contributed by atoms with Crippen LogP contribution in [0.1, 0.15) is 23.7 Å². The Morgan fingerprint density at radius 1 is 1.77 bits per heavy atom. The lowest BCUT2D eigenvalue weighted by Gasteiger charge is -2.10. The highest BCUT2D eigenvalue weighted by Gasteiger charge is 2.15. The van der Waals surface area contributed by atoms with Crippen LogP contribution in [0, 0.1) is 6.92 Å². The molecule has 0 spiro atoms. The molecule has 1 heterocycles. The molecule has 72 valence electrons. The van der Waals surface area contributed by atoms with Crippen molar-refractivity contribution in [3.05, 3.63) is 17.5 Å². The lowest BCUT2D eigenvalue weighted by atomic mass is 10.1. The second kappa shape index (κ2) is 3.57. The molecule has 0 saturated carbocycles. The number of aryl methyl sites for hydroxylation is 2. The van der Waals surface area contributed by atoms with Crippen LogP contribution in [0.4, 0.5) is 0 Å². The third-order valence-corrected chi connectivity index (χ3v) is 1.95. The minimum atomic E-state index is -0.395. The lowest BCUT2D eigenvalue weighted by Crippen LogP contribution is -2.23. The molecule has 1 amide bonds. The van der Waals surface area contributed by atoms with Crippen molar-refractivity contribution in [3.8, 4) is 0 Å². The summed E-state index contributed by atoms with van der Waals surface area (Å²) in [6, 6.07) is -0.356. The molecule has 13 heavy (non-hydrogen) atoms. The summed E-state index contributed by atoms with van der Waals surface area (Å²) in [5, 5.41) is 4.03. The number of hydrogen-bond acceptors (Lipinski definition) is 3. The molecule has 1 atom stereocenters. The fourth-order valence-corrected chi connectivity index (χ4v) is 1.40. The first-order valence-corrected chi connectivity index (χ1v) is 4.04. The van der Waals surface area contributed by atoms with Gasteiger partial charge in [0, 0.05) is 13.5 Å². The Bertz CT molecular complexity index is 298. The van der Waals surface area contributed by atoms with Crippen LogP contribution in [0.15, 0.2) is 6.20 Å². The maximum atomic E-state index is 10.6. The highest BCUT2D eigenvalue weighted by Crippen LogP contribution is 2.16. The summed E-state index contributed by atoms with van der Waals surface area (Å²) in [5.41, 5.74) is 12.7. The summed E-state index contributed by atoms with van der Waals surface area (Å²) in [6.07, 6.45) is 1.87. The number of aromatic nitrogens is 2. The van der Waals surface area contributed by atoms with Gasteiger partial charge in [0.2, 0.25) is 5.91 Å². The fourth-order valence-electron chi connectivity index (χ4n) is 1.40. The number of primary amides is 1. The molecule has 1 aromatic rings. The Balaban J connectivity index is 2.87. The average molecular weight is 182 g/mol. The molecule has 0 aromatic carbocycles. The molecule has 0 aliphatic carbocycles. The van der Waals surface area contributed by atoms with Crippen molar-refractivity contribution in [3.63, 3.8) is 0 Å². The Morgan fingerprint density at radius 2 is 2.38 bits per heavy atom. The van der Waals surface area contributed by atoms with Gasteiger partial charge in [0.25, 0.3) is 0 Å². The molecule has 5 nitrogen and oxygen atoms in total. The molecular formula is C8H14N4O. The minimum absolute atomic E-state index is 0.153. The third kappa shape index (κ3) is 2.06. The number of rotatable bonds is 3. The van der Waals surface area contributed by atoms with Crippen molar-refractivity contribution >= 4 is 5.91 Å². The van der Waals surface area contributed by atoms with E-state index in [1.807, 2.05) is 6.92 Å². The molecule has 0 fully saturated rings. The topological polar surface area (TPSA) is 86.9 Å². The minimum Gasteiger partial charge on any atom is -0.370 e. The molecule has 0 aliphatic heterocycles. The Morgan fingerprint density at radius 3 is 2.77 bits per heavy atom. The number of amides is 1. The molecule has 4 N–H and O–H groups in total. The quantitative estimate of drug-likeness (QED) is 0.667. The second-order valence-electron chi connectivity index (χ2n) is 3.11. The van der Waals surface area contributed by atoms with Crippen LogP contribution in [0.5, 0.6) is 0 Å². The SMILES string of the molecule is Cc1cnn(C)c1[C@@H](N)CC(N)=O.